The van der Waals surface area contributed by atoms with E-state index in [2.05, 4.69) is 26.3 Å². The van der Waals surface area contributed by atoms with Crippen LogP contribution in [0.5, 0.6) is 11.5 Å². The summed E-state index contributed by atoms with van der Waals surface area (Å²) in [5.74, 6) is 4.90. The molecule has 5 aromatic carbocycles. The Labute approximate surface area is 297 Å². The first-order valence-electron chi connectivity index (χ1n) is 15.3. The second kappa shape index (κ2) is 16.3. The quantitative estimate of drug-likeness (QED) is 0.0334. The van der Waals surface area contributed by atoms with Gasteiger partial charge < -0.3 is 30.3 Å². The Hall–Kier alpha value is -6.15. The average Bonchev–Trinajstić information content (AvgIpc) is 3.62. The summed E-state index contributed by atoms with van der Waals surface area (Å²) in [5.41, 5.74) is 6.51. The number of benzene rings is 5. The van der Waals surface area contributed by atoms with Crippen LogP contribution in [-0.2, 0) is 18.0 Å². The van der Waals surface area contributed by atoms with E-state index in [0.29, 0.717) is 46.2 Å². The maximum atomic E-state index is 12.9. The molecule has 13 heteroatoms. The van der Waals surface area contributed by atoms with E-state index >= 15 is 0 Å². The molecule has 0 spiro atoms. The van der Waals surface area contributed by atoms with Crippen molar-refractivity contribution >= 4 is 57.1 Å². The van der Waals surface area contributed by atoms with Crippen LogP contribution < -0.4 is 31.4 Å². The predicted octanol–water partition coefficient (Wildman–Crippen LogP) is 7.26. The molecule has 0 amide bonds. The highest BCUT2D eigenvalue weighted by Gasteiger charge is 2.17. The molecule has 6 rings (SSSR count). The number of carbonyl (C=O) groups is 2. The third-order valence-electron chi connectivity index (χ3n) is 7.07. The van der Waals surface area contributed by atoms with E-state index in [0.717, 1.165) is 16.7 Å². The molecular formula is C37H30N6O5S2. The number of ether oxygens (including phenoxy) is 3. The van der Waals surface area contributed by atoms with Crippen LogP contribution in [0.2, 0.25) is 0 Å². The van der Waals surface area contributed by atoms with Crippen molar-refractivity contribution in [2.24, 2.45) is 5.84 Å². The van der Waals surface area contributed by atoms with Crippen LogP contribution in [0.3, 0.4) is 0 Å². The summed E-state index contributed by atoms with van der Waals surface area (Å²) in [6.07, 6.45) is 0. The van der Waals surface area contributed by atoms with Gasteiger partial charge >= 0.3 is 11.9 Å². The van der Waals surface area contributed by atoms with Crippen LogP contribution in [0.1, 0.15) is 31.8 Å². The lowest BCUT2D eigenvalue weighted by Crippen LogP contribution is -2.34. The third kappa shape index (κ3) is 9.26. The maximum absolute atomic E-state index is 12.9. The van der Waals surface area contributed by atoms with E-state index in [9.17, 15) is 9.59 Å². The van der Waals surface area contributed by atoms with Gasteiger partial charge in [-0.15, -0.1) is 10.2 Å². The van der Waals surface area contributed by atoms with Gasteiger partial charge in [-0.3, -0.25) is 0 Å². The van der Waals surface area contributed by atoms with Gasteiger partial charge in [0.15, 0.2) is 5.11 Å². The minimum absolute atomic E-state index is 0.155. The fourth-order valence-corrected chi connectivity index (χ4v) is 5.54. The molecule has 0 saturated heterocycles. The molecule has 5 N–H and O–H groups in total. The molecule has 0 radical (unpaired) electrons. The lowest BCUT2D eigenvalue weighted by molar-refractivity contribution is 0.0397. The van der Waals surface area contributed by atoms with E-state index in [-0.39, 0.29) is 16.2 Å². The van der Waals surface area contributed by atoms with Gasteiger partial charge in [0.25, 0.3) is 0 Å². The molecule has 0 bridgehead atoms. The minimum Gasteiger partial charge on any atom is -0.489 e. The summed E-state index contributed by atoms with van der Waals surface area (Å²) < 4.78 is 17.4. The predicted molar refractivity (Wildman–Crippen MR) is 196 cm³/mol. The van der Waals surface area contributed by atoms with Crippen molar-refractivity contribution in [2.75, 3.05) is 10.6 Å². The highest BCUT2D eigenvalue weighted by atomic mass is 32.1. The number of esters is 2. The number of carbonyl (C=O) groups excluding carboxylic acids is 2. The van der Waals surface area contributed by atoms with Crippen LogP contribution in [-0.4, -0.2) is 27.2 Å². The Morgan fingerprint density at radius 1 is 0.680 bits per heavy atom. The Balaban J connectivity index is 1.14. The van der Waals surface area contributed by atoms with E-state index in [4.69, 9.17) is 32.3 Å². The maximum Gasteiger partial charge on any atom is 0.346 e. The molecule has 0 aliphatic rings. The zero-order valence-corrected chi connectivity index (χ0v) is 28.0. The number of thiocarbonyl (C=S) groups is 1. The summed E-state index contributed by atoms with van der Waals surface area (Å²) in [6.45, 7) is 0.779. The van der Waals surface area contributed by atoms with Gasteiger partial charge in [0.1, 0.15) is 29.7 Å². The number of aromatic nitrogens is 2. The van der Waals surface area contributed by atoms with Crippen molar-refractivity contribution in [2.45, 2.75) is 13.2 Å². The fraction of sp³-hybridized carbons (Fsp3) is 0.0541. The second-order valence-electron chi connectivity index (χ2n) is 10.7. The summed E-state index contributed by atoms with van der Waals surface area (Å²) in [5, 5.41) is 16.0. The van der Waals surface area contributed by atoms with Gasteiger partial charge in [-0.25, -0.2) is 15.4 Å². The van der Waals surface area contributed by atoms with E-state index < -0.39 is 11.9 Å². The molecule has 1 heterocycles. The standard InChI is InChI=1S/C37H30N6O5S2/c38-41-36(49)39-29-15-7-13-26(17-29)34(44)48-35(45)27-14-8-16-30(18-27)40-37-43-42-33(50-37)28-19-31(46-22-24-9-3-1-4-10-24)21-32(20-28)47-23-25-11-5-2-6-12-25/h1-21H,22-23,38H2,(H,40,43)(H2,39,41,49). The van der Waals surface area contributed by atoms with Crippen molar-refractivity contribution in [3.05, 3.63) is 150 Å². The smallest absolute Gasteiger partial charge is 0.346 e. The SMILES string of the molecule is NNC(=S)Nc1cccc(C(=O)OC(=O)c2cccc(Nc3nnc(-c4cc(OCc5ccccc5)cc(OCc5ccccc5)c4)s3)c2)c1. The lowest BCUT2D eigenvalue weighted by Gasteiger charge is -2.12. The zero-order chi connectivity index (χ0) is 34.7. The summed E-state index contributed by atoms with van der Waals surface area (Å²) in [7, 11) is 0. The van der Waals surface area contributed by atoms with Crippen molar-refractivity contribution in [3.63, 3.8) is 0 Å². The van der Waals surface area contributed by atoms with Crippen molar-refractivity contribution in [1.29, 1.82) is 0 Å². The number of nitrogens with one attached hydrogen (secondary N) is 3. The Morgan fingerprint density at radius 3 is 1.82 bits per heavy atom. The third-order valence-corrected chi connectivity index (χ3v) is 8.18. The molecule has 0 aliphatic carbocycles. The molecule has 0 aliphatic heterocycles. The van der Waals surface area contributed by atoms with Crippen molar-refractivity contribution < 1.29 is 23.8 Å². The number of nitrogens with zero attached hydrogens (tertiary/aromatic N) is 2. The van der Waals surface area contributed by atoms with Crippen LogP contribution in [0, 0.1) is 0 Å². The number of hydrazine groups is 1. The normalized spacial score (nSPS) is 10.5. The highest BCUT2D eigenvalue weighted by molar-refractivity contribution is 7.80. The molecule has 0 atom stereocenters. The van der Waals surface area contributed by atoms with Gasteiger partial charge in [-0.2, -0.15) is 0 Å². The first kappa shape index (κ1) is 33.7. The Bertz CT molecular complexity index is 2050. The topological polar surface area (TPSA) is 150 Å². The summed E-state index contributed by atoms with van der Waals surface area (Å²) in [6, 6.07) is 38.3. The lowest BCUT2D eigenvalue weighted by atomic mass is 10.2. The van der Waals surface area contributed by atoms with Gasteiger partial charge in [0.2, 0.25) is 5.13 Å². The van der Waals surface area contributed by atoms with Gasteiger partial charge in [0.05, 0.1) is 11.1 Å². The van der Waals surface area contributed by atoms with E-state index in [1.54, 1.807) is 36.4 Å². The Kier molecular flexibility index (Phi) is 11.0. The molecule has 0 saturated carbocycles. The number of anilines is 3. The number of nitrogens with two attached hydrogens (primary N) is 1. The van der Waals surface area contributed by atoms with Crippen LogP contribution >= 0.6 is 23.6 Å². The van der Waals surface area contributed by atoms with Crippen LogP contribution in [0.25, 0.3) is 10.6 Å². The largest absolute Gasteiger partial charge is 0.489 e. The van der Waals surface area contributed by atoms with Crippen LogP contribution in [0.15, 0.2) is 127 Å². The van der Waals surface area contributed by atoms with Crippen molar-refractivity contribution in [3.8, 4) is 22.1 Å². The average molecular weight is 703 g/mol. The van der Waals surface area contributed by atoms with Gasteiger partial charge in [0, 0.05) is 23.0 Å². The van der Waals surface area contributed by atoms with E-state index in [1.807, 2.05) is 78.9 Å². The summed E-state index contributed by atoms with van der Waals surface area (Å²) in [4.78, 5) is 25.6. The monoisotopic (exact) mass is 702 g/mol. The number of hydrogen-bond donors (Lipinski definition) is 4. The first-order valence-corrected chi connectivity index (χ1v) is 16.5. The Morgan fingerprint density at radius 2 is 1.24 bits per heavy atom. The molecular weight excluding hydrogens is 673 g/mol. The first-order chi connectivity index (χ1) is 24.4. The molecule has 250 valence electrons. The summed E-state index contributed by atoms with van der Waals surface area (Å²) >= 11 is 6.30. The fourth-order valence-electron chi connectivity index (χ4n) is 4.67. The van der Waals surface area contributed by atoms with Crippen LogP contribution in [0.4, 0.5) is 16.5 Å². The number of rotatable bonds is 12. The molecule has 11 nitrogen and oxygen atoms in total. The van der Waals surface area contributed by atoms with Gasteiger partial charge in [-0.05, 0) is 71.9 Å². The van der Waals surface area contributed by atoms with E-state index in [1.165, 1.54) is 23.5 Å². The molecule has 0 fully saturated rings. The molecule has 50 heavy (non-hydrogen) atoms. The molecule has 6 aromatic rings. The zero-order valence-electron chi connectivity index (χ0n) is 26.4. The second-order valence-corrected chi connectivity index (χ2v) is 12.1. The molecule has 1 aromatic heterocycles. The molecule has 0 unspecified atom stereocenters. The minimum atomic E-state index is -0.820. The number of hydrogen-bond acceptors (Lipinski definition) is 11. The van der Waals surface area contributed by atoms with Crippen molar-refractivity contribution in [1.82, 2.24) is 15.6 Å². The van der Waals surface area contributed by atoms with Gasteiger partial charge in [-0.1, -0.05) is 84.1 Å². The highest BCUT2D eigenvalue weighted by Crippen LogP contribution is 2.34.